The molecule has 3 rings (SSSR count). The maximum Gasteiger partial charge on any atom is 0.160 e. The van der Waals surface area contributed by atoms with Gasteiger partial charge in [-0.2, -0.15) is 0 Å². The third-order valence-electron chi connectivity index (χ3n) is 3.12. The van der Waals surface area contributed by atoms with Crippen molar-refractivity contribution in [3.8, 4) is 22.6 Å². The molecule has 21 heavy (non-hydrogen) atoms. The van der Waals surface area contributed by atoms with Gasteiger partial charge in [-0.3, -0.25) is 0 Å². The van der Waals surface area contributed by atoms with E-state index in [0.29, 0.717) is 5.82 Å². The summed E-state index contributed by atoms with van der Waals surface area (Å²) in [7, 11) is 0. The number of halogens is 2. The highest BCUT2D eigenvalue weighted by Crippen LogP contribution is 2.30. The molecule has 4 nitrogen and oxygen atoms in total. The zero-order chi connectivity index (χ0) is 15.0. The van der Waals surface area contributed by atoms with Gasteiger partial charge in [0.05, 0.1) is 0 Å². The van der Waals surface area contributed by atoms with Gasteiger partial charge in [0.1, 0.15) is 17.3 Å². The standard InChI is InChI=1S/C15H12F2N4/c16-11-6-10(7-12(17)8-11)13-14(18)21(19)15(20-13)9-4-2-1-3-5-9/h1-8H,18-19H2. The zero-order valence-electron chi connectivity index (χ0n) is 10.9. The van der Waals surface area contributed by atoms with E-state index in [4.69, 9.17) is 11.6 Å². The fourth-order valence-corrected chi connectivity index (χ4v) is 2.14. The van der Waals surface area contributed by atoms with Crippen LogP contribution in [0.2, 0.25) is 0 Å². The van der Waals surface area contributed by atoms with Crippen molar-refractivity contribution in [1.29, 1.82) is 0 Å². The largest absolute Gasteiger partial charge is 0.382 e. The normalized spacial score (nSPS) is 10.8. The van der Waals surface area contributed by atoms with E-state index < -0.39 is 11.6 Å². The fraction of sp³-hybridized carbons (Fsp3) is 0. The van der Waals surface area contributed by atoms with Gasteiger partial charge in [-0.15, -0.1) is 0 Å². The molecule has 0 amide bonds. The first-order chi connectivity index (χ1) is 10.1. The van der Waals surface area contributed by atoms with Crippen molar-refractivity contribution in [1.82, 2.24) is 9.66 Å². The van der Waals surface area contributed by atoms with Gasteiger partial charge in [-0.05, 0) is 12.1 Å². The summed E-state index contributed by atoms with van der Waals surface area (Å²) in [5, 5.41) is 0. The van der Waals surface area contributed by atoms with Crippen LogP contribution in [0.25, 0.3) is 22.6 Å². The molecule has 0 saturated heterocycles. The molecule has 1 aromatic heterocycles. The maximum absolute atomic E-state index is 13.3. The molecule has 4 N–H and O–H groups in total. The summed E-state index contributed by atoms with van der Waals surface area (Å²) in [6.07, 6.45) is 0. The van der Waals surface area contributed by atoms with Crippen LogP contribution in [0.3, 0.4) is 0 Å². The highest BCUT2D eigenvalue weighted by Gasteiger charge is 2.17. The molecule has 6 heteroatoms. The van der Waals surface area contributed by atoms with Gasteiger partial charge in [0.15, 0.2) is 11.6 Å². The lowest BCUT2D eigenvalue weighted by Gasteiger charge is -2.02. The van der Waals surface area contributed by atoms with Crippen LogP contribution >= 0.6 is 0 Å². The van der Waals surface area contributed by atoms with Gasteiger partial charge in [0.25, 0.3) is 0 Å². The first-order valence-electron chi connectivity index (χ1n) is 6.21. The van der Waals surface area contributed by atoms with Crippen LogP contribution in [0.5, 0.6) is 0 Å². The summed E-state index contributed by atoms with van der Waals surface area (Å²) in [5.74, 6) is 5.06. The predicted octanol–water partition coefficient (Wildman–Crippen LogP) is 2.79. The number of nitrogens with zero attached hydrogens (tertiary/aromatic N) is 2. The van der Waals surface area contributed by atoms with Crippen LogP contribution in [0.1, 0.15) is 0 Å². The highest BCUT2D eigenvalue weighted by atomic mass is 19.1. The van der Waals surface area contributed by atoms with Crippen molar-refractivity contribution >= 4 is 5.82 Å². The van der Waals surface area contributed by atoms with Crippen LogP contribution in [0.15, 0.2) is 48.5 Å². The van der Waals surface area contributed by atoms with Gasteiger partial charge >= 0.3 is 0 Å². The maximum atomic E-state index is 13.3. The van der Waals surface area contributed by atoms with E-state index in [1.54, 1.807) is 0 Å². The zero-order valence-corrected chi connectivity index (χ0v) is 10.9. The molecule has 1 heterocycles. The third-order valence-corrected chi connectivity index (χ3v) is 3.12. The number of imidazole rings is 1. The number of hydrogen-bond acceptors (Lipinski definition) is 3. The minimum atomic E-state index is -0.697. The lowest BCUT2D eigenvalue weighted by Crippen LogP contribution is -2.13. The molecule has 0 bridgehead atoms. The number of hydrogen-bond donors (Lipinski definition) is 2. The van der Waals surface area contributed by atoms with E-state index in [1.807, 2.05) is 30.3 Å². The molecule has 0 atom stereocenters. The Hall–Kier alpha value is -2.89. The SMILES string of the molecule is Nc1c(-c2cc(F)cc(F)c2)nc(-c2ccccc2)n1N. The molecular weight excluding hydrogens is 274 g/mol. The molecule has 0 fully saturated rings. The lowest BCUT2D eigenvalue weighted by molar-refractivity contribution is 0.584. The topological polar surface area (TPSA) is 69.9 Å². The van der Waals surface area contributed by atoms with Crippen LogP contribution in [-0.2, 0) is 0 Å². The van der Waals surface area contributed by atoms with E-state index in [9.17, 15) is 8.78 Å². The quantitative estimate of drug-likeness (QED) is 0.712. The van der Waals surface area contributed by atoms with Crippen molar-refractivity contribution in [2.75, 3.05) is 11.6 Å². The number of anilines is 1. The molecule has 0 aliphatic rings. The number of benzene rings is 2. The minimum Gasteiger partial charge on any atom is -0.382 e. The van der Waals surface area contributed by atoms with E-state index in [1.165, 1.54) is 4.68 Å². The second kappa shape index (κ2) is 4.90. The molecule has 0 unspecified atom stereocenters. The minimum absolute atomic E-state index is 0.138. The second-order valence-electron chi connectivity index (χ2n) is 4.56. The molecule has 0 saturated carbocycles. The summed E-state index contributed by atoms with van der Waals surface area (Å²) >= 11 is 0. The lowest BCUT2D eigenvalue weighted by atomic mass is 10.1. The Balaban J connectivity index is 2.17. The monoisotopic (exact) mass is 286 g/mol. The van der Waals surface area contributed by atoms with E-state index in [-0.39, 0.29) is 17.1 Å². The Labute approximate surface area is 119 Å². The van der Waals surface area contributed by atoms with Gasteiger partial charge in [0, 0.05) is 17.2 Å². The van der Waals surface area contributed by atoms with Crippen LogP contribution in [0.4, 0.5) is 14.6 Å². The van der Waals surface area contributed by atoms with E-state index in [0.717, 1.165) is 23.8 Å². The number of rotatable bonds is 2. The smallest absolute Gasteiger partial charge is 0.160 e. The molecule has 106 valence electrons. The molecular formula is C15H12F2N4. The highest BCUT2D eigenvalue weighted by molar-refractivity contribution is 5.75. The average molecular weight is 286 g/mol. The first-order valence-corrected chi connectivity index (χ1v) is 6.21. The van der Waals surface area contributed by atoms with Crippen molar-refractivity contribution in [2.45, 2.75) is 0 Å². The summed E-state index contributed by atoms with van der Waals surface area (Å²) < 4.78 is 27.9. The Bertz CT molecular complexity index is 777. The molecule has 0 aliphatic heterocycles. The summed E-state index contributed by atoms with van der Waals surface area (Å²) in [6, 6.07) is 12.3. The van der Waals surface area contributed by atoms with Crippen molar-refractivity contribution in [3.05, 3.63) is 60.2 Å². The van der Waals surface area contributed by atoms with Gasteiger partial charge < -0.3 is 11.6 Å². The molecule has 2 aromatic carbocycles. The average Bonchev–Trinajstić information content (AvgIpc) is 2.75. The first kappa shape index (κ1) is 13.1. The van der Waals surface area contributed by atoms with E-state index in [2.05, 4.69) is 4.98 Å². The van der Waals surface area contributed by atoms with Crippen molar-refractivity contribution < 1.29 is 8.78 Å². The van der Waals surface area contributed by atoms with E-state index >= 15 is 0 Å². The van der Waals surface area contributed by atoms with Crippen molar-refractivity contribution in [2.24, 2.45) is 0 Å². The van der Waals surface area contributed by atoms with Crippen LogP contribution < -0.4 is 11.6 Å². The van der Waals surface area contributed by atoms with Crippen LogP contribution in [-0.4, -0.2) is 9.66 Å². The molecule has 0 radical (unpaired) electrons. The summed E-state index contributed by atoms with van der Waals surface area (Å²) in [5.41, 5.74) is 7.15. The van der Waals surface area contributed by atoms with Gasteiger partial charge in [0.2, 0.25) is 0 Å². The Morgan fingerprint density at radius 1 is 0.905 bits per heavy atom. The Kier molecular flexibility index (Phi) is 3.06. The summed E-state index contributed by atoms with van der Waals surface area (Å²) in [4.78, 5) is 4.31. The Morgan fingerprint density at radius 3 is 2.14 bits per heavy atom. The molecule has 0 aliphatic carbocycles. The number of nitrogen functional groups attached to an aromatic ring is 2. The Morgan fingerprint density at radius 2 is 1.52 bits per heavy atom. The number of aromatic nitrogens is 2. The number of nitrogens with two attached hydrogens (primary N) is 2. The van der Waals surface area contributed by atoms with Crippen molar-refractivity contribution in [3.63, 3.8) is 0 Å². The molecule has 0 spiro atoms. The fourth-order valence-electron chi connectivity index (χ4n) is 2.14. The summed E-state index contributed by atoms with van der Waals surface area (Å²) in [6.45, 7) is 0. The van der Waals surface area contributed by atoms with Gasteiger partial charge in [-0.1, -0.05) is 30.3 Å². The third kappa shape index (κ3) is 2.31. The molecule has 3 aromatic rings. The second-order valence-corrected chi connectivity index (χ2v) is 4.56. The van der Waals surface area contributed by atoms with Gasteiger partial charge in [-0.25, -0.2) is 18.4 Å². The van der Waals surface area contributed by atoms with Crippen LogP contribution in [0, 0.1) is 11.6 Å². The predicted molar refractivity (Wildman–Crippen MR) is 77.6 cm³/mol.